The fourth-order valence-electron chi connectivity index (χ4n) is 2.60. The molecule has 1 fully saturated rings. The van der Waals surface area contributed by atoms with Crippen LogP contribution in [0.3, 0.4) is 0 Å². The van der Waals surface area contributed by atoms with Gasteiger partial charge in [0.1, 0.15) is 0 Å². The molecule has 1 atom stereocenters. The molecule has 1 saturated heterocycles. The van der Waals surface area contributed by atoms with Crippen LogP contribution in [0.4, 0.5) is 11.4 Å². The van der Waals surface area contributed by atoms with Gasteiger partial charge in [-0.3, -0.25) is 4.79 Å². The van der Waals surface area contributed by atoms with E-state index in [-0.39, 0.29) is 11.2 Å². The smallest absolute Gasteiger partial charge is 0.240 e. The number of amides is 1. The van der Waals surface area contributed by atoms with Crippen molar-refractivity contribution in [1.82, 2.24) is 0 Å². The second-order valence-corrected chi connectivity index (χ2v) is 5.94. The van der Waals surface area contributed by atoms with Crippen molar-refractivity contribution < 1.29 is 4.79 Å². The van der Waals surface area contributed by atoms with Crippen LogP contribution >= 0.6 is 11.8 Å². The fraction of sp³-hybridized carbons (Fsp3) is 0.462. The van der Waals surface area contributed by atoms with Gasteiger partial charge < -0.3 is 10.6 Å². The van der Waals surface area contributed by atoms with E-state index >= 15 is 0 Å². The third-order valence-electron chi connectivity index (χ3n) is 3.47. The number of rotatable bonds is 1. The Morgan fingerprint density at radius 2 is 2.35 bits per heavy atom. The average Bonchev–Trinajstić information content (AvgIpc) is 2.96. The van der Waals surface area contributed by atoms with Gasteiger partial charge in [-0.25, -0.2) is 0 Å². The highest BCUT2D eigenvalue weighted by Gasteiger charge is 2.32. The van der Waals surface area contributed by atoms with Gasteiger partial charge in [0.2, 0.25) is 5.91 Å². The summed E-state index contributed by atoms with van der Waals surface area (Å²) in [4.78, 5) is 14.3. The molecule has 17 heavy (non-hydrogen) atoms. The summed E-state index contributed by atoms with van der Waals surface area (Å²) < 4.78 is 0. The van der Waals surface area contributed by atoms with Crippen molar-refractivity contribution in [2.45, 2.75) is 24.5 Å². The Morgan fingerprint density at radius 1 is 1.47 bits per heavy atom. The number of nitrogens with two attached hydrogens (primary N) is 1. The highest BCUT2D eigenvalue weighted by molar-refractivity contribution is 8.00. The van der Waals surface area contributed by atoms with Crippen molar-refractivity contribution in [3.05, 3.63) is 23.8 Å². The van der Waals surface area contributed by atoms with Crippen LogP contribution in [0.2, 0.25) is 0 Å². The van der Waals surface area contributed by atoms with Crippen molar-refractivity contribution in [3.63, 3.8) is 0 Å². The quantitative estimate of drug-likeness (QED) is 0.774. The first-order valence-corrected chi connectivity index (χ1v) is 7.12. The van der Waals surface area contributed by atoms with Gasteiger partial charge in [-0.05, 0) is 48.8 Å². The zero-order valence-electron chi connectivity index (χ0n) is 9.69. The summed E-state index contributed by atoms with van der Waals surface area (Å²) in [6.45, 7) is 0.814. The van der Waals surface area contributed by atoms with Gasteiger partial charge in [-0.2, -0.15) is 0 Å². The Hall–Kier alpha value is -1.16. The lowest BCUT2D eigenvalue weighted by atomic mass is 10.1. The summed E-state index contributed by atoms with van der Waals surface area (Å²) in [5.41, 5.74) is 8.83. The molecule has 1 unspecified atom stereocenters. The number of nitrogens with zero attached hydrogens (tertiary/aromatic N) is 1. The van der Waals surface area contributed by atoms with Gasteiger partial charge in [0.15, 0.2) is 0 Å². The average molecular weight is 248 g/mol. The predicted molar refractivity (Wildman–Crippen MR) is 72.4 cm³/mol. The van der Waals surface area contributed by atoms with E-state index in [2.05, 4.69) is 0 Å². The molecule has 0 spiro atoms. The Kier molecular flexibility index (Phi) is 2.74. The van der Waals surface area contributed by atoms with Crippen LogP contribution in [-0.2, 0) is 11.2 Å². The summed E-state index contributed by atoms with van der Waals surface area (Å²) in [6, 6.07) is 5.85. The number of hydrogen-bond acceptors (Lipinski definition) is 3. The molecule has 4 heteroatoms. The number of fused-ring (bicyclic) bond motifs is 1. The van der Waals surface area contributed by atoms with Crippen LogP contribution in [0.5, 0.6) is 0 Å². The number of hydrogen-bond donors (Lipinski definition) is 1. The first-order chi connectivity index (χ1) is 8.25. The van der Waals surface area contributed by atoms with Gasteiger partial charge in [-0.15, -0.1) is 11.8 Å². The monoisotopic (exact) mass is 248 g/mol. The summed E-state index contributed by atoms with van der Waals surface area (Å²) >= 11 is 1.80. The molecule has 0 bridgehead atoms. The van der Waals surface area contributed by atoms with Crippen LogP contribution in [0, 0.1) is 0 Å². The number of thioether (sulfide) groups is 1. The van der Waals surface area contributed by atoms with E-state index in [0.717, 1.165) is 36.5 Å². The highest BCUT2D eigenvalue weighted by Crippen LogP contribution is 2.34. The van der Waals surface area contributed by atoms with E-state index in [0.29, 0.717) is 0 Å². The second kappa shape index (κ2) is 4.26. The highest BCUT2D eigenvalue weighted by atomic mass is 32.2. The number of benzene rings is 1. The molecule has 3 rings (SSSR count). The van der Waals surface area contributed by atoms with E-state index in [9.17, 15) is 4.79 Å². The molecular formula is C13H16N2OS. The molecule has 0 aliphatic carbocycles. The lowest BCUT2D eigenvalue weighted by Crippen LogP contribution is -2.35. The van der Waals surface area contributed by atoms with Crippen molar-refractivity contribution in [3.8, 4) is 0 Å². The molecule has 1 aromatic rings. The largest absolute Gasteiger partial charge is 0.399 e. The molecule has 1 aromatic carbocycles. The zero-order valence-corrected chi connectivity index (χ0v) is 10.5. The van der Waals surface area contributed by atoms with Crippen LogP contribution in [-0.4, -0.2) is 23.5 Å². The maximum absolute atomic E-state index is 12.4. The Labute approximate surface area is 105 Å². The normalized spacial score (nSPS) is 22.8. The lowest BCUT2D eigenvalue weighted by molar-refractivity contribution is -0.118. The minimum atomic E-state index is 0.179. The molecule has 90 valence electrons. The third-order valence-corrected chi connectivity index (χ3v) is 4.83. The molecule has 2 N–H and O–H groups in total. The molecule has 2 aliphatic rings. The van der Waals surface area contributed by atoms with E-state index < -0.39 is 0 Å². The van der Waals surface area contributed by atoms with Crippen molar-refractivity contribution in [2.75, 3.05) is 22.9 Å². The third kappa shape index (κ3) is 1.90. The van der Waals surface area contributed by atoms with Crippen LogP contribution in [0.15, 0.2) is 18.2 Å². The van der Waals surface area contributed by atoms with Gasteiger partial charge in [0, 0.05) is 17.9 Å². The van der Waals surface area contributed by atoms with Crippen molar-refractivity contribution >= 4 is 29.0 Å². The number of anilines is 2. The minimum Gasteiger partial charge on any atom is -0.399 e. The first kappa shape index (κ1) is 11.0. The molecule has 1 amide bonds. The van der Waals surface area contributed by atoms with E-state index in [1.165, 1.54) is 12.0 Å². The predicted octanol–water partition coefficient (Wildman–Crippen LogP) is 2.05. The van der Waals surface area contributed by atoms with Gasteiger partial charge in [0.25, 0.3) is 0 Å². The maximum Gasteiger partial charge on any atom is 0.240 e. The number of carbonyl (C=O) groups excluding carboxylic acids is 1. The Bertz CT molecular complexity index is 455. The standard InChI is InChI=1S/C13H16N2OS/c14-10-3-4-11-9(8-10)5-6-15(11)13(16)12-2-1-7-17-12/h3-4,8,12H,1-2,5-7,14H2. The molecule has 0 radical (unpaired) electrons. The van der Waals surface area contributed by atoms with Crippen LogP contribution in [0.25, 0.3) is 0 Å². The number of carbonyl (C=O) groups is 1. The van der Waals surface area contributed by atoms with Crippen molar-refractivity contribution in [1.29, 1.82) is 0 Å². The Balaban J connectivity index is 1.85. The van der Waals surface area contributed by atoms with E-state index in [1.54, 1.807) is 11.8 Å². The zero-order chi connectivity index (χ0) is 11.8. The molecule has 0 saturated carbocycles. The Morgan fingerprint density at radius 3 is 3.12 bits per heavy atom. The molecule has 2 heterocycles. The topological polar surface area (TPSA) is 46.3 Å². The molecule has 2 aliphatic heterocycles. The van der Waals surface area contributed by atoms with Gasteiger partial charge in [-0.1, -0.05) is 0 Å². The minimum absolute atomic E-state index is 0.179. The van der Waals surface area contributed by atoms with Crippen LogP contribution in [0.1, 0.15) is 18.4 Å². The summed E-state index contributed by atoms with van der Waals surface area (Å²) in [5, 5.41) is 0.179. The molecular weight excluding hydrogens is 232 g/mol. The van der Waals surface area contributed by atoms with E-state index in [4.69, 9.17) is 5.73 Å². The van der Waals surface area contributed by atoms with E-state index in [1.807, 2.05) is 23.1 Å². The summed E-state index contributed by atoms with van der Waals surface area (Å²) in [6.07, 6.45) is 3.14. The fourth-order valence-corrected chi connectivity index (χ4v) is 3.82. The first-order valence-electron chi connectivity index (χ1n) is 6.07. The second-order valence-electron chi connectivity index (χ2n) is 4.63. The SMILES string of the molecule is Nc1ccc2c(c1)CCN2C(=O)C1CCCS1. The summed E-state index contributed by atoms with van der Waals surface area (Å²) in [7, 11) is 0. The van der Waals surface area contributed by atoms with Crippen molar-refractivity contribution in [2.24, 2.45) is 0 Å². The van der Waals surface area contributed by atoms with Gasteiger partial charge >= 0.3 is 0 Å². The molecule has 0 aromatic heterocycles. The molecule has 3 nitrogen and oxygen atoms in total. The lowest BCUT2D eigenvalue weighted by Gasteiger charge is -2.20. The number of nitrogen functional groups attached to an aromatic ring is 1. The van der Waals surface area contributed by atoms with Gasteiger partial charge in [0.05, 0.1) is 5.25 Å². The summed E-state index contributed by atoms with van der Waals surface area (Å²) in [5.74, 6) is 1.41. The maximum atomic E-state index is 12.4. The van der Waals surface area contributed by atoms with Crippen LogP contribution < -0.4 is 10.6 Å².